The highest BCUT2D eigenvalue weighted by atomic mass is 32.1. The van der Waals surface area contributed by atoms with Crippen LogP contribution < -0.4 is 0 Å². The fraction of sp³-hybridized carbons (Fsp3) is 0.300. The fourth-order valence-electron chi connectivity index (χ4n) is 1.34. The second kappa shape index (κ2) is 3.27. The number of carbonyl (C=O) groups is 1. The average Bonchev–Trinajstić information content (AvgIpc) is 2.80. The highest BCUT2D eigenvalue weighted by Gasteiger charge is 2.34. The van der Waals surface area contributed by atoms with Crippen LogP contribution in [0.5, 0.6) is 0 Å². The average molecular weight is 220 g/mol. The molecule has 4 nitrogen and oxygen atoms in total. The van der Waals surface area contributed by atoms with E-state index in [0.29, 0.717) is 5.89 Å². The van der Waals surface area contributed by atoms with Gasteiger partial charge in [-0.25, -0.2) is 0 Å². The van der Waals surface area contributed by atoms with Crippen molar-refractivity contribution in [2.45, 2.75) is 12.8 Å². The molecule has 1 aliphatic rings. The van der Waals surface area contributed by atoms with E-state index in [4.69, 9.17) is 4.42 Å². The van der Waals surface area contributed by atoms with Crippen LogP contribution in [-0.4, -0.2) is 16.0 Å². The number of Topliss-reactive ketones (excluding diaryl/α,β-unsaturated/α-hetero) is 1. The molecule has 3 rings (SSSR count). The third-order valence-electron chi connectivity index (χ3n) is 2.32. The van der Waals surface area contributed by atoms with E-state index in [2.05, 4.69) is 10.2 Å². The number of aromatic nitrogens is 2. The molecule has 0 spiro atoms. The lowest BCUT2D eigenvalue weighted by Gasteiger charge is -1.88. The van der Waals surface area contributed by atoms with Gasteiger partial charge >= 0.3 is 0 Å². The molecule has 0 saturated heterocycles. The molecule has 0 bridgehead atoms. The van der Waals surface area contributed by atoms with Crippen molar-refractivity contribution in [3.05, 3.63) is 23.4 Å². The quantitative estimate of drug-likeness (QED) is 0.745. The maximum absolute atomic E-state index is 11.6. The van der Waals surface area contributed by atoms with Crippen molar-refractivity contribution in [3.8, 4) is 10.8 Å². The lowest BCUT2D eigenvalue weighted by Crippen LogP contribution is -2.01. The van der Waals surface area contributed by atoms with Gasteiger partial charge in [0.2, 0.25) is 5.78 Å². The first-order valence-electron chi connectivity index (χ1n) is 4.76. The third-order valence-corrected chi connectivity index (χ3v) is 3.17. The minimum atomic E-state index is -0.00898. The predicted octanol–water partition coefficient (Wildman–Crippen LogP) is 2.39. The number of carbonyl (C=O) groups excluding carboxylic acids is 1. The zero-order valence-corrected chi connectivity index (χ0v) is 8.66. The van der Waals surface area contributed by atoms with Crippen molar-refractivity contribution in [1.82, 2.24) is 10.2 Å². The topological polar surface area (TPSA) is 56.0 Å². The molecule has 1 aliphatic carbocycles. The van der Waals surface area contributed by atoms with Crippen molar-refractivity contribution in [2.24, 2.45) is 5.92 Å². The zero-order chi connectivity index (χ0) is 10.3. The van der Waals surface area contributed by atoms with Gasteiger partial charge in [-0.1, -0.05) is 6.07 Å². The Morgan fingerprint density at radius 3 is 3.00 bits per heavy atom. The van der Waals surface area contributed by atoms with E-state index in [1.165, 1.54) is 11.3 Å². The highest BCUT2D eigenvalue weighted by Crippen LogP contribution is 2.33. The summed E-state index contributed by atoms with van der Waals surface area (Å²) in [5.41, 5.74) is 0. The highest BCUT2D eigenvalue weighted by molar-refractivity contribution is 7.13. The van der Waals surface area contributed by atoms with E-state index in [-0.39, 0.29) is 17.6 Å². The largest absolute Gasteiger partial charge is 0.413 e. The molecular formula is C10H8N2O2S. The number of hydrogen-bond donors (Lipinski definition) is 0. The van der Waals surface area contributed by atoms with Gasteiger partial charge in [-0.2, -0.15) is 0 Å². The zero-order valence-electron chi connectivity index (χ0n) is 7.84. The molecule has 0 aromatic carbocycles. The first kappa shape index (κ1) is 8.79. The summed E-state index contributed by atoms with van der Waals surface area (Å²) in [6, 6.07) is 3.80. The Bertz CT molecular complexity index is 485. The van der Waals surface area contributed by atoms with Gasteiger partial charge in [0.15, 0.2) is 0 Å². The Balaban J connectivity index is 1.90. The normalized spacial score (nSPS) is 15.5. The van der Waals surface area contributed by atoms with Gasteiger partial charge in [0.25, 0.3) is 11.8 Å². The summed E-state index contributed by atoms with van der Waals surface area (Å²) in [5.74, 6) is 0.710. The van der Waals surface area contributed by atoms with Crippen LogP contribution in [0, 0.1) is 5.92 Å². The maximum atomic E-state index is 11.6. The molecule has 0 atom stereocenters. The van der Waals surface area contributed by atoms with Crippen LogP contribution >= 0.6 is 11.3 Å². The van der Waals surface area contributed by atoms with Gasteiger partial charge in [0.05, 0.1) is 4.88 Å². The SMILES string of the molecule is O=C(c1nnc(-c2cccs2)o1)C1CC1. The van der Waals surface area contributed by atoms with Crippen LogP contribution in [0.2, 0.25) is 0 Å². The molecule has 0 radical (unpaired) electrons. The Morgan fingerprint density at radius 1 is 1.47 bits per heavy atom. The molecule has 2 aromatic rings. The Hall–Kier alpha value is -1.49. The number of ketones is 1. The second-order valence-electron chi connectivity index (χ2n) is 3.53. The molecule has 2 aromatic heterocycles. The van der Waals surface area contributed by atoms with E-state index >= 15 is 0 Å². The summed E-state index contributed by atoms with van der Waals surface area (Å²) in [7, 11) is 0. The second-order valence-corrected chi connectivity index (χ2v) is 4.48. The standard InChI is InChI=1S/C10H8N2O2S/c13-8(6-3-4-6)10-12-11-9(14-10)7-2-1-5-15-7/h1-2,5-6H,3-4H2. The molecular weight excluding hydrogens is 212 g/mol. The molecule has 0 N–H and O–H groups in total. The molecule has 15 heavy (non-hydrogen) atoms. The molecule has 0 unspecified atom stereocenters. The minimum Gasteiger partial charge on any atom is -0.413 e. The summed E-state index contributed by atoms with van der Waals surface area (Å²) in [6.07, 6.45) is 1.91. The molecule has 2 heterocycles. The lowest BCUT2D eigenvalue weighted by molar-refractivity contribution is 0.0934. The number of hydrogen-bond acceptors (Lipinski definition) is 5. The molecule has 1 saturated carbocycles. The summed E-state index contributed by atoms with van der Waals surface area (Å²) < 4.78 is 5.33. The first-order chi connectivity index (χ1) is 7.34. The van der Waals surface area contributed by atoms with Crippen LogP contribution in [-0.2, 0) is 0 Å². The molecule has 76 valence electrons. The van der Waals surface area contributed by atoms with Crippen molar-refractivity contribution >= 4 is 17.1 Å². The Labute approximate surface area is 89.9 Å². The van der Waals surface area contributed by atoms with Crippen molar-refractivity contribution in [2.75, 3.05) is 0 Å². The van der Waals surface area contributed by atoms with E-state index in [9.17, 15) is 4.79 Å². The summed E-state index contributed by atoms with van der Waals surface area (Å²) in [6.45, 7) is 0. The lowest BCUT2D eigenvalue weighted by atomic mass is 10.3. The van der Waals surface area contributed by atoms with Crippen LogP contribution in [0.1, 0.15) is 23.5 Å². The number of rotatable bonds is 3. The maximum Gasteiger partial charge on any atom is 0.284 e. The smallest absolute Gasteiger partial charge is 0.284 e. The van der Waals surface area contributed by atoms with Crippen molar-refractivity contribution in [1.29, 1.82) is 0 Å². The summed E-state index contributed by atoms with van der Waals surface area (Å²) in [4.78, 5) is 12.5. The van der Waals surface area contributed by atoms with Gasteiger partial charge in [0.1, 0.15) is 0 Å². The summed E-state index contributed by atoms with van der Waals surface area (Å²) >= 11 is 1.52. The van der Waals surface area contributed by atoms with Crippen LogP contribution in [0.4, 0.5) is 0 Å². The van der Waals surface area contributed by atoms with E-state index in [1.807, 2.05) is 17.5 Å². The molecule has 1 fully saturated rings. The number of nitrogens with zero attached hydrogens (tertiary/aromatic N) is 2. The van der Waals surface area contributed by atoms with E-state index < -0.39 is 0 Å². The van der Waals surface area contributed by atoms with Crippen LogP contribution in [0.25, 0.3) is 10.8 Å². The van der Waals surface area contributed by atoms with E-state index in [1.54, 1.807) is 0 Å². The Kier molecular flexibility index (Phi) is 1.92. The third kappa shape index (κ3) is 1.59. The monoisotopic (exact) mass is 220 g/mol. The van der Waals surface area contributed by atoms with Crippen molar-refractivity contribution in [3.63, 3.8) is 0 Å². The molecule has 5 heteroatoms. The fourth-order valence-corrected chi connectivity index (χ4v) is 1.99. The molecule has 0 aliphatic heterocycles. The van der Waals surface area contributed by atoms with Gasteiger partial charge in [-0.3, -0.25) is 4.79 Å². The molecule has 0 amide bonds. The van der Waals surface area contributed by atoms with E-state index in [0.717, 1.165) is 17.7 Å². The first-order valence-corrected chi connectivity index (χ1v) is 5.64. The van der Waals surface area contributed by atoms with Gasteiger partial charge in [-0.15, -0.1) is 21.5 Å². The van der Waals surface area contributed by atoms with Crippen LogP contribution in [0.15, 0.2) is 21.9 Å². The Morgan fingerprint density at radius 2 is 2.33 bits per heavy atom. The van der Waals surface area contributed by atoms with Crippen LogP contribution in [0.3, 0.4) is 0 Å². The van der Waals surface area contributed by atoms with Gasteiger partial charge in [-0.05, 0) is 24.3 Å². The predicted molar refractivity (Wildman–Crippen MR) is 54.7 cm³/mol. The minimum absolute atomic E-state index is 0.00898. The van der Waals surface area contributed by atoms with Gasteiger partial charge in [0, 0.05) is 5.92 Å². The summed E-state index contributed by atoms with van der Waals surface area (Å²) in [5, 5.41) is 9.57. The van der Waals surface area contributed by atoms with Crippen molar-refractivity contribution < 1.29 is 9.21 Å². The number of thiophene rings is 1. The van der Waals surface area contributed by atoms with Gasteiger partial charge < -0.3 is 4.42 Å².